The number of halogens is 1. The lowest BCUT2D eigenvalue weighted by atomic mass is 10.2. The van der Waals surface area contributed by atoms with Crippen LogP contribution in [0.3, 0.4) is 0 Å². The van der Waals surface area contributed by atoms with Gasteiger partial charge in [-0.1, -0.05) is 11.6 Å². The van der Waals surface area contributed by atoms with Gasteiger partial charge in [-0.05, 0) is 37.5 Å². The molecule has 0 saturated heterocycles. The van der Waals surface area contributed by atoms with Crippen molar-refractivity contribution in [3.63, 3.8) is 0 Å². The summed E-state index contributed by atoms with van der Waals surface area (Å²) >= 11 is 10.1. The highest BCUT2D eigenvalue weighted by Gasteiger charge is 2.22. The maximum atomic E-state index is 11.9. The fourth-order valence-corrected chi connectivity index (χ4v) is 2.17. The zero-order valence-corrected chi connectivity index (χ0v) is 12.6. The largest absolute Gasteiger partial charge is 0.353 e. The first-order valence-electron chi connectivity index (χ1n) is 6.62. The maximum absolute atomic E-state index is 11.9. The Hall–Kier alpha value is -1.20. The van der Waals surface area contributed by atoms with Crippen molar-refractivity contribution in [3.05, 3.63) is 28.8 Å². The lowest BCUT2D eigenvalue weighted by Gasteiger charge is -2.07. The van der Waals surface area contributed by atoms with E-state index in [2.05, 4.69) is 23.3 Å². The van der Waals surface area contributed by atoms with E-state index in [0.29, 0.717) is 40.9 Å². The quantitative estimate of drug-likeness (QED) is 0.558. The molecule has 1 saturated carbocycles. The van der Waals surface area contributed by atoms with Gasteiger partial charge in [-0.15, -0.1) is 12.6 Å². The Morgan fingerprint density at radius 1 is 1.35 bits per heavy atom. The molecular weight excluding hydrogens is 296 g/mol. The SMILES string of the molecule is O=C(CCCNC(=O)c1cc(S)ccc1Cl)NC1CC1. The molecule has 0 heterocycles. The zero-order valence-electron chi connectivity index (χ0n) is 11.0. The van der Waals surface area contributed by atoms with E-state index in [0.717, 1.165) is 12.8 Å². The van der Waals surface area contributed by atoms with Gasteiger partial charge in [0.1, 0.15) is 0 Å². The van der Waals surface area contributed by atoms with E-state index in [1.807, 2.05) is 0 Å². The van der Waals surface area contributed by atoms with E-state index >= 15 is 0 Å². The fourth-order valence-electron chi connectivity index (χ4n) is 1.76. The van der Waals surface area contributed by atoms with Gasteiger partial charge in [0, 0.05) is 23.9 Å². The molecule has 1 aromatic rings. The van der Waals surface area contributed by atoms with E-state index in [9.17, 15) is 9.59 Å². The molecule has 0 unspecified atom stereocenters. The second-order valence-electron chi connectivity index (χ2n) is 4.87. The summed E-state index contributed by atoms with van der Waals surface area (Å²) in [6, 6.07) is 5.38. The topological polar surface area (TPSA) is 58.2 Å². The van der Waals surface area contributed by atoms with Crippen LogP contribution in [0.2, 0.25) is 5.02 Å². The van der Waals surface area contributed by atoms with Gasteiger partial charge in [0.2, 0.25) is 5.91 Å². The molecule has 0 radical (unpaired) electrons. The van der Waals surface area contributed by atoms with E-state index in [1.165, 1.54) is 0 Å². The average Bonchev–Trinajstić information content (AvgIpc) is 3.21. The molecule has 108 valence electrons. The average molecular weight is 313 g/mol. The molecule has 6 heteroatoms. The van der Waals surface area contributed by atoms with E-state index in [-0.39, 0.29) is 11.8 Å². The van der Waals surface area contributed by atoms with Gasteiger partial charge in [-0.3, -0.25) is 9.59 Å². The molecule has 0 aromatic heterocycles. The van der Waals surface area contributed by atoms with Gasteiger partial charge in [0.15, 0.2) is 0 Å². The predicted octanol–water partition coefficient (Wildman–Crippen LogP) is 2.42. The third-order valence-electron chi connectivity index (χ3n) is 3.00. The Labute approximate surface area is 128 Å². The summed E-state index contributed by atoms with van der Waals surface area (Å²) in [5, 5.41) is 6.06. The third-order valence-corrected chi connectivity index (χ3v) is 3.61. The molecule has 2 N–H and O–H groups in total. The Morgan fingerprint density at radius 3 is 2.80 bits per heavy atom. The van der Waals surface area contributed by atoms with Crippen LogP contribution in [0.1, 0.15) is 36.0 Å². The van der Waals surface area contributed by atoms with Crippen molar-refractivity contribution in [1.29, 1.82) is 0 Å². The Kier molecular flexibility index (Phi) is 5.31. The highest BCUT2D eigenvalue weighted by molar-refractivity contribution is 7.80. The molecule has 1 aromatic carbocycles. The lowest BCUT2D eigenvalue weighted by molar-refractivity contribution is -0.121. The van der Waals surface area contributed by atoms with Crippen LogP contribution in [-0.4, -0.2) is 24.4 Å². The van der Waals surface area contributed by atoms with Crippen molar-refractivity contribution in [1.82, 2.24) is 10.6 Å². The Balaban J connectivity index is 1.71. The van der Waals surface area contributed by atoms with Crippen LogP contribution >= 0.6 is 24.2 Å². The molecule has 0 aliphatic heterocycles. The summed E-state index contributed by atoms with van der Waals surface area (Å²) in [5.41, 5.74) is 0.404. The van der Waals surface area contributed by atoms with Gasteiger partial charge in [-0.25, -0.2) is 0 Å². The number of amides is 2. The van der Waals surface area contributed by atoms with E-state index in [4.69, 9.17) is 11.6 Å². The highest BCUT2D eigenvalue weighted by Crippen LogP contribution is 2.20. The number of rotatable bonds is 6. The molecule has 2 rings (SSSR count). The van der Waals surface area contributed by atoms with Crippen molar-refractivity contribution in [2.45, 2.75) is 36.6 Å². The second kappa shape index (κ2) is 6.99. The molecule has 20 heavy (non-hydrogen) atoms. The molecular formula is C14H17ClN2O2S. The summed E-state index contributed by atoms with van der Waals surface area (Å²) in [6.07, 6.45) is 3.21. The third kappa shape index (κ3) is 4.72. The molecule has 1 fully saturated rings. The number of carbonyl (C=O) groups is 2. The van der Waals surface area contributed by atoms with Crippen LogP contribution in [0, 0.1) is 0 Å². The first-order valence-corrected chi connectivity index (χ1v) is 7.45. The predicted molar refractivity (Wildman–Crippen MR) is 81.4 cm³/mol. The van der Waals surface area contributed by atoms with Crippen molar-refractivity contribution in [2.24, 2.45) is 0 Å². The fraction of sp³-hybridized carbons (Fsp3) is 0.429. The summed E-state index contributed by atoms with van der Waals surface area (Å²) in [4.78, 5) is 24.1. The minimum atomic E-state index is -0.242. The minimum absolute atomic E-state index is 0.0529. The van der Waals surface area contributed by atoms with Gasteiger partial charge in [0.25, 0.3) is 5.91 Å². The minimum Gasteiger partial charge on any atom is -0.353 e. The number of carbonyl (C=O) groups excluding carboxylic acids is 2. The van der Waals surface area contributed by atoms with Crippen LogP contribution < -0.4 is 10.6 Å². The summed E-state index contributed by atoms with van der Waals surface area (Å²) < 4.78 is 0. The number of nitrogens with one attached hydrogen (secondary N) is 2. The second-order valence-corrected chi connectivity index (χ2v) is 5.79. The lowest BCUT2D eigenvalue weighted by Crippen LogP contribution is -2.28. The standard InChI is InChI=1S/C14H17ClN2O2S/c15-12-6-5-10(20)8-11(12)14(19)16-7-1-2-13(18)17-9-3-4-9/h5-6,8-9,20H,1-4,7H2,(H,16,19)(H,17,18). The first-order chi connectivity index (χ1) is 9.56. The number of thiol groups is 1. The van der Waals surface area contributed by atoms with Gasteiger partial charge in [0.05, 0.1) is 10.6 Å². The van der Waals surface area contributed by atoms with Crippen LogP contribution in [0.4, 0.5) is 0 Å². The number of hydrogen-bond acceptors (Lipinski definition) is 3. The van der Waals surface area contributed by atoms with E-state index < -0.39 is 0 Å². The monoisotopic (exact) mass is 312 g/mol. The summed E-state index contributed by atoms with van der Waals surface area (Å²) in [6.45, 7) is 0.448. The van der Waals surface area contributed by atoms with E-state index in [1.54, 1.807) is 18.2 Å². The Bertz CT molecular complexity index is 518. The molecule has 1 aliphatic rings. The van der Waals surface area contributed by atoms with Gasteiger partial charge >= 0.3 is 0 Å². The normalized spacial score (nSPS) is 13.9. The van der Waals surface area contributed by atoms with Crippen molar-refractivity contribution >= 4 is 36.0 Å². The molecule has 2 amide bonds. The first kappa shape index (κ1) is 15.2. The van der Waals surface area contributed by atoms with Crippen LogP contribution in [0.25, 0.3) is 0 Å². The van der Waals surface area contributed by atoms with Gasteiger partial charge in [-0.2, -0.15) is 0 Å². The summed E-state index contributed by atoms with van der Waals surface area (Å²) in [5.74, 6) is -0.189. The molecule has 0 atom stereocenters. The smallest absolute Gasteiger partial charge is 0.252 e. The highest BCUT2D eigenvalue weighted by atomic mass is 35.5. The Morgan fingerprint density at radius 2 is 2.10 bits per heavy atom. The number of benzene rings is 1. The van der Waals surface area contributed by atoms with Crippen molar-refractivity contribution in [2.75, 3.05) is 6.54 Å². The number of hydrogen-bond donors (Lipinski definition) is 3. The van der Waals surface area contributed by atoms with Crippen molar-refractivity contribution in [3.8, 4) is 0 Å². The zero-order chi connectivity index (χ0) is 14.5. The molecule has 1 aliphatic carbocycles. The van der Waals surface area contributed by atoms with Crippen LogP contribution in [0.15, 0.2) is 23.1 Å². The van der Waals surface area contributed by atoms with Crippen LogP contribution in [-0.2, 0) is 4.79 Å². The molecule has 0 bridgehead atoms. The van der Waals surface area contributed by atoms with Gasteiger partial charge < -0.3 is 10.6 Å². The van der Waals surface area contributed by atoms with Crippen molar-refractivity contribution < 1.29 is 9.59 Å². The maximum Gasteiger partial charge on any atom is 0.252 e. The molecule has 0 spiro atoms. The summed E-state index contributed by atoms with van der Waals surface area (Å²) in [7, 11) is 0. The molecule has 4 nitrogen and oxygen atoms in total. The van der Waals surface area contributed by atoms with Crippen LogP contribution in [0.5, 0.6) is 0 Å².